The first-order valence-corrected chi connectivity index (χ1v) is 9.72. The van der Waals surface area contributed by atoms with Crippen LogP contribution in [0.25, 0.3) is 11.0 Å². The van der Waals surface area contributed by atoms with Gasteiger partial charge in [0.05, 0.1) is 11.0 Å². The summed E-state index contributed by atoms with van der Waals surface area (Å²) < 4.78 is 5.51. The van der Waals surface area contributed by atoms with E-state index < -0.39 is 5.60 Å². The molecule has 1 aromatic heterocycles. The molecular weight excluding hydrogens is 364 g/mol. The largest absolute Gasteiger partial charge is 0.444 e. The molecule has 1 amide bonds. The molecule has 6 nitrogen and oxygen atoms in total. The first-order chi connectivity index (χ1) is 12.7. The van der Waals surface area contributed by atoms with Crippen molar-refractivity contribution in [2.24, 2.45) is 5.92 Å². The Hall–Kier alpha value is -2.08. The number of likely N-dealkylation sites (tertiary alicyclic amines) is 1. The monoisotopic (exact) mass is 390 g/mol. The molecule has 0 aliphatic carbocycles. The molecule has 0 radical (unpaired) electrons. The summed E-state index contributed by atoms with van der Waals surface area (Å²) in [6.07, 6.45) is 1.79. The van der Waals surface area contributed by atoms with Crippen LogP contribution in [0.5, 0.6) is 0 Å². The third-order valence-electron chi connectivity index (χ3n) is 4.58. The molecule has 0 spiro atoms. The quantitative estimate of drug-likeness (QED) is 0.778. The number of anilines is 1. The van der Waals surface area contributed by atoms with Crippen molar-refractivity contribution in [3.8, 4) is 0 Å². The first kappa shape index (κ1) is 19.7. The van der Waals surface area contributed by atoms with Gasteiger partial charge in [-0.1, -0.05) is 23.7 Å². The zero-order chi connectivity index (χ0) is 19.6. The molecule has 2 aromatic rings. The lowest BCUT2D eigenvalue weighted by Gasteiger charge is -2.35. The smallest absolute Gasteiger partial charge is 0.410 e. The van der Waals surface area contributed by atoms with Gasteiger partial charge < -0.3 is 14.5 Å². The van der Waals surface area contributed by atoms with Gasteiger partial charge >= 0.3 is 6.09 Å². The summed E-state index contributed by atoms with van der Waals surface area (Å²) in [6.45, 7) is 7.84. The van der Waals surface area contributed by atoms with Crippen molar-refractivity contribution in [3.05, 3.63) is 29.4 Å². The highest BCUT2D eigenvalue weighted by atomic mass is 35.5. The minimum atomic E-state index is -0.477. The lowest BCUT2D eigenvalue weighted by Crippen LogP contribution is -2.45. The molecule has 0 saturated carbocycles. The van der Waals surface area contributed by atoms with E-state index in [9.17, 15) is 4.79 Å². The third-order valence-corrected chi connectivity index (χ3v) is 4.83. The number of rotatable bonds is 3. The number of ether oxygens (including phenoxy) is 1. The summed E-state index contributed by atoms with van der Waals surface area (Å²) in [4.78, 5) is 25.3. The minimum Gasteiger partial charge on any atom is -0.444 e. The van der Waals surface area contributed by atoms with Gasteiger partial charge in [-0.05, 0) is 51.7 Å². The zero-order valence-electron chi connectivity index (χ0n) is 16.4. The van der Waals surface area contributed by atoms with E-state index in [1.54, 1.807) is 4.90 Å². The van der Waals surface area contributed by atoms with E-state index in [2.05, 4.69) is 9.97 Å². The second-order valence-electron chi connectivity index (χ2n) is 8.14. The Morgan fingerprint density at radius 2 is 1.96 bits per heavy atom. The average molecular weight is 391 g/mol. The molecule has 1 fully saturated rings. The molecule has 1 saturated heterocycles. The van der Waals surface area contributed by atoms with Crippen LogP contribution in [0.1, 0.15) is 33.6 Å². The number of hydrogen-bond donors (Lipinski definition) is 0. The van der Waals surface area contributed by atoms with Crippen molar-refractivity contribution in [1.82, 2.24) is 14.9 Å². The Kier molecular flexibility index (Phi) is 5.75. The molecule has 1 atom stereocenters. The topological polar surface area (TPSA) is 58.6 Å². The van der Waals surface area contributed by atoms with Crippen molar-refractivity contribution in [2.45, 2.75) is 39.2 Å². The number of aromatic nitrogens is 2. The molecule has 146 valence electrons. The second-order valence-corrected chi connectivity index (χ2v) is 8.50. The van der Waals surface area contributed by atoms with Crippen LogP contribution in [-0.2, 0) is 4.74 Å². The molecule has 7 heteroatoms. The lowest BCUT2D eigenvalue weighted by atomic mass is 9.98. The number of fused-ring (bicyclic) bond motifs is 1. The van der Waals surface area contributed by atoms with Gasteiger partial charge in [0, 0.05) is 26.7 Å². The lowest BCUT2D eigenvalue weighted by molar-refractivity contribution is 0.0170. The Morgan fingerprint density at radius 3 is 2.63 bits per heavy atom. The summed E-state index contributed by atoms with van der Waals surface area (Å²) >= 11 is 6.37. The number of benzene rings is 1. The maximum atomic E-state index is 12.4. The van der Waals surface area contributed by atoms with E-state index in [-0.39, 0.29) is 6.09 Å². The van der Waals surface area contributed by atoms with Crippen LogP contribution >= 0.6 is 11.6 Å². The van der Waals surface area contributed by atoms with Crippen LogP contribution in [0, 0.1) is 5.92 Å². The number of piperidine rings is 1. The normalized spacial score (nSPS) is 17.8. The van der Waals surface area contributed by atoms with Crippen LogP contribution in [-0.4, -0.2) is 53.2 Å². The van der Waals surface area contributed by atoms with Gasteiger partial charge in [0.15, 0.2) is 11.0 Å². The number of halogens is 1. The fourth-order valence-corrected chi connectivity index (χ4v) is 3.67. The van der Waals surface area contributed by atoms with Gasteiger partial charge in [-0.3, -0.25) is 0 Å². The summed E-state index contributed by atoms with van der Waals surface area (Å²) in [6, 6.07) is 7.69. The SMILES string of the molecule is CN(C[C@@H]1CCCN(C(=O)OC(C)(C)C)C1)c1nc2ccccc2nc1Cl. The van der Waals surface area contributed by atoms with Gasteiger partial charge in [-0.15, -0.1) is 0 Å². The van der Waals surface area contributed by atoms with Gasteiger partial charge in [0.2, 0.25) is 0 Å². The molecule has 1 aliphatic rings. The predicted octanol–water partition coefficient (Wildman–Crippen LogP) is 4.37. The Bertz CT molecular complexity index is 821. The van der Waals surface area contributed by atoms with E-state index in [0.29, 0.717) is 23.4 Å². The van der Waals surface area contributed by atoms with E-state index in [4.69, 9.17) is 16.3 Å². The van der Waals surface area contributed by atoms with E-state index in [0.717, 1.165) is 37.0 Å². The Balaban J connectivity index is 1.68. The number of carbonyl (C=O) groups is 1. The summed E-state index contributed by atoms with van der Waals surface area (Å²) in [7, 11) is 1.97. The number of hydrogen-bond acceptors (Lipinski definition) is 5. The minimum absolute atomic E-state index is 0.238. The van der Waals surface area contributed by atoms with Crippen LogP contribution < -0.4 is 4.90 Å². The molecule has 27 heavy (non-hydrogen) atoms. The van der Waals surface area contributed by atoms with Crippen molar-refractivity contribution >= 4 is 34.5 Å². The second kappa shape index (κ2) is 7.89. The maximum absolute atomic E-state index is 12.4. The fraction of sp³-hybridized carbons (Fsp3) is 0.550. The molecular formula is C20H27ClN4O2. The zero-order valence-corrected chi connectivity index (χ0v) is 17.2. The van der Waals surface area contributed by atoms with Gasteiger partial charge in [-0.25, -0.2) is 14.8 Å². The summed E-state index contributed by atoms with van der Waals surface area (Å²) in [5.41, 5.74) is 1.13. The van der Waals surface area contributed by atoms with Gasteiger partial charge in [-0.2, -0.15) is 0 Å². The molecule has 1 aliphatic heterocycles. The first-order valence-electron chi connectivity index (χ1n) is 9.34. The number of para-hydroxylation sites is 2. The number of carbonyl (C=O) groups excluding carboxylic acids is 1. The molecule has 0 unspecified atom stereocenters. The van der Waals surface area contributed by atoms with E-state index in [1.165, 1.54) is 0 Å². The molecule has 2 heterocycles. The highest BCUT2D eigenvalue weighted by molar-refractivity contribution is 6.32. The third kappa shape index (κ3) is 5.01. The predicted molar refractivity (Wildman–Crippen MR) is 108 cm³/mol. The van der Waals surface area contributed by atoms with E-state index in [1.807, 2.05) is 57.0 Å². The van der Waals surface area contributed by atoms with Crippen molar-refractivity contribution in [2.75, 3.05) is 31.6 Å². The van der Waals surface area contributed by atoms with Crippen LogP contribution in [0.15, 0.2) is 24.3 Å². The van der Waals surface area contributed by atoms with Crippen molar-refractivity contribution < 1.29 is 9.53 Å². The standard InChI is InChI=1S/C20H27ClN4O2/c1-20(2,3)27-19(26)25-11-7-8-14(13-25)12-24(4)18-17(21)22-15-9-5-6-10-16(15)23-18/h5-6,9-10,14H,7-8,11-13H2,1-4H3/t14-/m0/s1. The highest BCUT2D eigenvalue weighted by Crippen LogP contribution is 2.26. The Labute approximate surface area is 165 Å². The van der Waals surface area contributed by atoms with Crippen LogP contribution in [0.3, 0.4) is 0 Å². The van der Waals surface area contributed by atoms with Gasteiger partial charge in [0.1, 0.15) is 5.60 Å². The summed E-state index contributed by atoms with van der Waals surface area (Å²) in [5, 5.41) is 0.399. The fourth-order valence-electron chi connectivity index (χ4n) is 3.39. The number of nitrogens with zero attached hydrogens (tertiary/aromatic N) is 4. The van der Waals surface area contributed by atoms with Crippen molar-refractivity contribution in [1.29, 1.82) is 0 Å². The van der Waals surface area contributed by atoms with Crippen molar-refractivity contribution in [3.63, 3.8) is 0 Å². The molecule has 3 rings (SSSR count). The Morgan fingerprint density at radius 1 is 1.30 bits per heavy atom. The van der Waals surface area contributed by atoms with Crippen LogP contribution in [0.2, 0.25) is 5.15 Å². The summed E-state index contributed by atoms with van der Waals surface area (Å²) in [5.74, 6) is 1.00. The van der Waals surface area contributed by atoms with E-state index >= 15 is 0 Å². The average Bonchev–Trinajstić information content (AvgIpc) is 2.60. The molecule has 1 aromatic carbocycles. The molecule has 0 N–H and O–H groups in total. The highest BCUT2D eigenvalue weighted by Gasteiger charge is 2.28. The van der Waals surface area contributed by atoms with Crippen LogP contribution in [0.4, 0.5) is 10.6 Å². The van der Waals surface area contributed by atoms with Gasteiger partial charge in [0.25, 0.3) is 0 Å². The number of amides is 1. The maximum Gasteiger partial charge on any atom is 0.410 e. The molecule has 0 bridgehead atoms.